The Morgan fingerprint density at radius 1 is 0.875 bits per heavy atom. The Morgan fingerprint density at radius 2 is 1.48 bits per heavy atom. The standard InChI is InChI=1S/C32H34ClN3O4/c1-3-22(2)34-30(38)28(20-23-10-5-4-6-11-23)36(21-24-15-17-25(33)18-16-24)29(37)14-9-19-35-31(39)26-12-7-8-13-27(26)32(35)40/h4-8,10-13,15-18,22,28H,3,9,14,19-21H2,1-2H3,(H,34,38)/t22-,28+/m1/s1. The van der Waals surface area contributed by atoms with Crippen molar-refractivity contribution in [2.24, 2.45) is 0 Å². The third-order valence-electron chi connectivity index (χ3n) is 7.19. The number of carbonyl (C=O) groups excluding carboxylic acids is 4. The molecule has 1 aliphatic heterocycles. The molecular weight excluding hydrogens is 526 g/mol. The highest BCUT2D eigenvalue weighted by Crippen LogP contribution is 2.23. The second-order valence-corrected chi connectivity index (χ2v) is 10.5. The summed E-state index contributed by atoms with van der Waals surface area (Å²) < 4.78 is 0. The molecule has 0 radical (unpaired) electrons. The number of fused-ring (bicyclic) bond motifs is 1. The topological polar surface area (TPSA) is 86.8 Å². The van der Waals surface area contributed by atoms with Crippen molar-refractivity contribution in [2.75, 3.05) is 6.54 Å². The lowest BCUT2D eigenvalue weighted by atomic mass is 10.0. The van der Waals surface area contributed by atoms with Gasteiger partial charge >= 0.3 is 0 Å². The maximum atomic E-state index is 13.8. The molecule has 0 fully saturated rings. The van der Waals surface area contributed by atoms with E-state index in [1.165, 1.54) is 4.90 Å². The number of amides is 4. The number of rotatable bonds is 12. The largest absolute Gasteiger partial charge is 0.352 e. The summed E-state index contributed by atoms with van der Waals surface area (Å²) in [7, 11) is 0. The minimum absolute atomic E-state index is 0.0490. The molecule has 0 saturated heterocycles. The first-order valence-corrected chi connectivity index (χ1v) is 14.0. The van der Waals surface area contributed by atoms with Crippen LogP contribution in [0.25, 0.3) is 0 Å². The summed E-state index contributed by atoms with van der Waals surface area (Å²) >= 11 is 6.09. The number of nitrogens with one attached hydrogen (secondary N) is 1. The van der Waals surface area contributed by atoms with E-state index in [4.69, 9.17) is 11.6 Å². The summed E-state index contributed by atoms with van der Waals surface area (Å²) in [4.78, 5) is 55.7. The monoisotopic (exact) mass is 559 g/mol. The van der Waals surface area contributed by atoms with E-state index in [2.05, 4.69) is 5.32 Å². The fourth-order valence-corrected chi connectivity index (χ4v) is 4.88. The van der Waals surface area contributed by atoms with Crippen LogP contribution in [0.15, 0.2) is 78.9 Å². The molecule has 0 aromatic heterocycles. The van der Waals surface area contributed by atoms with Crippen molar-refractivity contribution in [1.29, 1.82) is 0 Å². The molecule has 208 valence electrons. The normalized spacial score (nSPS) is 14.0. The van der Waals surface area contributed by atoms with Gasteiger partial charge in [0.05, 0.1) is 11.1 Å². The summed E-state index contributed by atoms with van der Waals surface area (Å²) in [6, 6.07) is 22.7. The Kier molecular flexibility index (Phi) is 9.72. The summed E-state index contributed by atoms with van der Waals surface area (Å²) in [5.41, 5.74) is 2.54. The number of halogens is 1. The molecule has 3 aromatic carbocycles. The quantitative estimate of drug-likeness (QED) is 0.306. The van der Waals surface area contributed by atoms with E-state index in [9.17, 15) is 19.2 Å². The zero-order chi connectivity index (χ0) is 28.6. The molecule has 0 bridgehead atoms. The fourth-order valence-electron chi connectivity index (χ4n) is 4.76. The predicted octanol–water partition coefficient (Wildman–Crippen LogP) is 5.27. The molecule has 2 atom stereocenters. The highest BCUT2D eigenvalue weighted by molar-refractivity contribution is 6.30. The van der Waals surface area contributed by atoms with Gasteiger partial charge in [0.25, 0.3) is 11.8 Å². The second kappa shape index (κ2) is 13.4. The highest BCUT2D eigenvalue weighted by Gasteiger charge is 2.35. The van der Waals surface area contributed by atoms with Crippen LogP contribution in [0.2, 0.25) is 5.02 Å². The lowest BCUT2D eigenvalue weighted by Crippen LogP contribution is -2.52. The number of imide groups is 1. The first-order chi connectivity index (χ1) is 19.3. The van der Waals surface area contributed by atoms with Crippen molar-refractivity contribution in [1.82, 2.24) is 15.1 Å². The maximum absolute atomic E-state index is 13.8. The molecule has 0 spiro atoms. The lowest BCUT2D eigenvalue weighted by molar-refractivity contribution is -0.141. The Hall–Kier alpha value is -3.97. The van der Waals surface area contributed by atoms with Gasteiger partial charge < -0.3 is 10.2 Å². The molecule has 0 unspecified atom stereocenters. The van der Waals surface area contributed by atoms with Crippen LogP contribution in [0.5, 0.6) is 0 Å². The molecule has 1 aliphatic rings. The van der Waals surface area contributed by atoms with Gasteiger partial charge in [-0.1, -0.05) is 73.1 Å². The van der Waals surface area contributed by atoms with Crippen LogP contribution in [0, 0.1) is 0 Å². The average molecular weight is 560 g/mol. The van der Waals surface area contributed by atoms with Gasteiger partial charge in [-0.3, -0.25) is 24.1 Å². The number of carbonyl (C=O) groups is 4. The van der Waals surface area contributed by atoms with Crippen LogP contribution in [-0.2, 0) is 22.6 Å². The number of benzene rings is 3. The van der Waals surface area contributed by atoms with Gasteiger partial charge in [-0.15, -0.1) is 0 Å². The number of hydrogen-bond acceptors (Lipinski definition) is 4. The van der Waals surface area contributed by atoms with Crippen LogP contribution >= 0.6 is 11.6 Å². The molecule has 4 amide bonds. The van der Waals surface area contributed by atoms with Crippen LogP contribution in [0.3, 0.4) is 0 Å². The molecular formula is C32H34ClN3O4. The van der Waals surface area contributed by atoms with E-state index in [0.29, 0.717) is 22.6 Å². The van der Waals surface area contributed by atoms with Gasteiger partial charge in [0, 0.05) is 37.0 Å². The minimum Gasteiger partial charge on any atom is -0.352 e. The molecule has 8 heteroatoms. The zero-order valence-corrected chi connectivity index (χ0v) is 23.6. The van der Waals surface area contributed by atoms with Gasteiger partial charge in [0.15, 0.2) is 0 Å². The van der Waals surface area contributed by atoms with E-state index in [1.54, 1.807) is 41.3 Å². The summed E-state index contributed by atoms with van der Waals surface area (Å²) in [5.74, 6) is -1.14. The van der Waals surface area contributed by atoms with Crippen LogP contribution in [0.1, 0.15) is 65.0 Å². The fraction of sp³-hybridized carbons (Fsp3) is 0.312. The van der Waals surface area contributed by atoms with E-state index in [0.717, 1.165) is 17.5 Å². The van der Waals surface area contributed by atoms with Crippen LogP contribution in [-0.4, -0.2) is 52.1 Å². The summed E-state index contributed by atoms with van der Waals surface area (Å²) in [5, 5.41) is 3.63. The smallest absolute Gasteiger partial charge is 0.261 e. The van der Waals surface area contributed by atoms with Gasteiger partial charge in [-0.2, -0.15) is 0 Å². The van der Waals surface area contributed by atoms with E-state index in [1.807, 2.05) is 56.3 Å². The van der Waals surface area contributed by atoms with Gasteiger partial charge in [-0.25, -0.2) is 0 Å². The third-order valence-corrected chi connectivity index (χ3v) is 7.44. The minimum atomic E-state index is -0.751. The Morgan fingerprint density at radius 3 is 2.08 bits per heavy atom. The molecule has 0 saturated carbocycles. The van der Waals surface area contributed by atoms with E-state index < -0.39 is 6.04 Å². The molecule has 1 N–H and O–H groups in total. The second-order valence-electron chi connectivity index (χ2n) is 10.1. The molecule has 1 heterocycles. The number of nitrogens with zero attached hydrogens (tertiary/aromatic N) is 2. The molecule has 7 nitrogen and oxygen atoms in total. The highest BCUT2D eigenvalue weighted by atomic mass is 35.5. The van der Waals surface area contributed by atoms with Crippen molar-refractivity contribution in [3.8, 4) is 0 Å². The summed E-state index contributed by atoms with van der Waals surface area (Å²) in [6.45, 7) is 4.27. The van der Waals surface area contributed by atoms with Crippen molar-refractivity contribution in [3.05, 3.63) is 106 Å². The molecule has 40 heavy (non-hydrogen) atoms. The van der Waals surface area contributed by atoms with Crippen molar-refractivity contribution in [3.63, 3.8) is 0 Å². The first-order valence-electron chi connectivity index (χ1n) is 13.6. The summed E-state index contributed by atoms with van der Waals surface area (Å²) in [6.07, 6.45) is 1.46. The third kappa shape index (κ3) is 6.96. The van der Waals surface area contributed by atoms with Gasteiger partial charge in [0.1, 0.15) is 6.04 Å². The first kappa shape index (κ1) is 29.0. The molecule has 0 aliphatic carbocycles. The van der Waals surface area contributed by atoms with Crippen molar-refractivity contribution >= 4 is 35.2 Å². The average Bonchev–Trinajstić information content (AvgIpc) is 3.21. The zero-order valence-electron chi connectivity index (χ0n) is 22.8. The van der Waals surface area contributed by atoms with E-state index in [-0.39, 0.29) is 55.6 Å². The lowest BCUT2D eigenvalue weighted by Gasteiger charge is -2.32. The predicted molar refractivity (Wildman–Crippen MR) is 155 cm³/mol. The maximum Gasteiger partial charge on any atom is 0.261 e. The van der Waals surface area contributed by atoms with Crippen molar-refractivity contribution in [2.45, 2.75) is 58.2 Å². The Bertz CT molecular complexity index is 1330. The van der Waals surface area contributed by atoms with E-state index >= 15 is 0 Å². The SMILES string of the molecule is CC[C@@H](C)NC(=O)[C@H](Cc1ccccc1)N(Cc1ccc(Cl)cc1)C(=O)CCCN1C(=O)c2ccccc2C1=O. The van der Waals surface area contributed by atoms with Gasteiger partial charge in [-0.05, 0) is 55.2 Å². The molecule has 3 aromatic rings. The van der Waals surface area contributed by atoms with Gasteiger partial charge in [0.2, 0.25) is 11.8 Å². The molecule has 4 rings (SSSR count). The Balaban J connectivity index is 1.54. The van der Waals surface area contributed by atoms with Crippen LogP contribution in [0.4, 0.5) is 0 Å². The Labute approximate surface area is 240 Å². The number of hydrogen-bond donors (Lipinski definition) is 1. The van der Waals surface area contributed by atoms with Crippen molar-refractivity contribution < 1.29 is 19.2 Å². The van der Waals surface area contributed by atoms with Crippen LogP contribution < -0.4 is 5.32 Å².